The van der Waals surface area contributed by atoms with E-state index in [9.17, 15) is 9.59 Å². The Bertz CT molecular complexity index is 953. The number of hydrogen-bond acceptors (Lipinski definition) is 3. The number of rotatable bonds is 6. The fraction of sp³-hybridized carbons (Fsp3) is 0.130. The van der Waals surface area contributed by atoms with E-state index in [1.54, 1.807) is 43.5 Å². The van der Waals surface area contributed by atoms with Gasteiger partial charge in [-0.3, -0.25) is 14.5 Å². The normalized spacial score (nSPS) is 10.2. The summed E-state index contributed by atoms with van der Waals surface area (Å²) in [7, 11) is 1.57. The quantitative estimate of drug-likeness (QED) is 0.700. The highest BCUT2D eigenvalue weighted by molar-refractivity contribution is 6.10. The summed E-state index contributed by atoms with van der Waals surface area (Å²) in [5.74, 6) is 0.143. The fourth-order valence-corrected chi connectivity index (χ4v) is 2.84. The van der Waals surface area contributed by atoms with E-state index >= 15 is 0 Å². The van der Waals surface area contributed by atoms with Gasteiger partial charge in [-0.05, 0) is 61.0 Å². The van der Waals surface area contributed by atoms with Crippen molar-refractivity contribution in [3.63, 3.8) is 0 Å². The molecule has 3 aromatic carbocycles. The van der Waals surface area contributed by atoms with Crippen molar-refractivity contribution in [2.75, 3.05) is 23.9 Å². The van der Waals surface area contributed by atoms with Crippen molar-refractivity contribution in [2.24, 2.45) is 0 Å². The molecular formula is C23H22N2O3. The molecule has 5 nitrogen and oxygen atoms in total. The molecule has 5 heteroatoms. The van der Waals surface area contributed by atoms with Gasteiger partial charge in [0.1, 0.15) is 12.3 Å². The number of carbonyl (C=O) groups excluding carboxylic acids is 2. The third-order valence-electron chi connectivity index (χ3n) is 4.25. The van der Waals surface area contributed by atoms with E-state index in [0.29, 0.717) is 22.7 Å². The molecule has 0 aliphatic carbocycles. The van der Waals surface area contributed by atoms with Crippen molar-refractivity contribution >= 4 is 23.2 Å². The minimum atomic E-state index is -0.267. The summed E-state index contributed by atoms with van der Waals surface area (Å²) in [6, 6.07) is 23.5. The molecule has 0 heterocycles. The average Bonchev–Trinajstić information content (AvgIpc) is 2.72. The van der Waals surface area contributed by atoms with Crippen LogP contribution in [0.25, 0.3) is 0 Å². The highest BCUT2D eigenvalue weighted by Gasteiger charge is 2.21. The Morgan fingerprint density at radius 3 is 2.29 bits per heavy atom. The van der Waals surface area contributed by atoms with E-state index in [4.69, 9.17) is 4.74 Å². The Hall–Kier alpha value is -3.60. The van der Waals surface area contributed by atoms with Crippen molar-refractivity contribution in [2.45, 2.75) is 6.92 Å². The summed E-state index contributed by atoms with van der Waals surface area (Å²) in [5, 5.41) is 2.85. The van der Waals surface area contributed by atoms with Crippen LogP contribution >= 0.6 is 0 Å². The van der Waals surface area contributed by atoms with Gasteiger partial charge in [-0.1, -0.05) is 30.3 Å². The number of ether oxygens (including phenoxy) is 1. The van der Waals surface area contributed by atoms with Crippen molar-refractivity contribution in [3.8, 4) is 5.75 Å². The maximum atomic E-state index is 13.1. The second-order valence-electron chi connectivity index (χ2n) is 6.37. The summed E-state index contributed by atoms with van der Waals surface area (Å²) in [4.78, 5) is 27.2. The Morgan fingerprint density at radius 1 is 0.929 bits per heavy atom. The lowest BCUT2D eigenvalue weighted by atomic mass is 10.1. The third-order valence-corrected chi connectivity index (χ3v) is 4.25. The molecule has 3 aromatic rings. The van der Waals surface area contributed by atoms with Crippen LogP contribution in [0.4, 0.5) is 11.4 Å². The van der Waals surface area contributed by atoms with Gasteiger partial charge in [0.25, 0.3) is 5.91 Å². The third kappa shape index (κ3) is 4.76. The van der Waals surface area contributed by atoms with Crippen LogP contribution in [0.3, 0.4) is 0 Å². The lowest BCUT2D eigenvalue weighted by Gasteiger charge is -2.22. The zero-order valence-electron chi connectivity index (χ0n) is 15.9. The molecule has 0 bridgehead atoms. The highest BCUT2D eigenvalue weighted by atomic mass is 16.5. The summed E-state index contributed by atoms with van der Waals surface area (Å²) < 4.78 is 5.15. The summed E-state index contributed by atoms with van der Waals surface area (Å²) in [5.41, 5.74) is 2.89. The molecule has 3 rings (SSSR count). The second kappa shape index (κ2) is 8.86. The molecule has 0 saturated heterocycles. The molecule has 0 unspecified atom stereocenters. The molecule has 28 heavy (non-hydrogen) atoms. The predicted octanol–water partition coefficient (Wildman–Crippen LogP) is 4.29. The van der Waals surface area contributed by atoms with Gasteiger partial charge in [0.05, 0.1) is 7.11 Å². The molecule has 0 aromatic heterocycles. The number of amides is 2. The number of carbonyl (C=O) groups is 2. The first-order valence-corrected chi connectivity index (χ1v) is 8.94. The SMILES string of the molecule is COc1ccc(C(=O)N(CC(=O)Nc2cccc(C)c2)c2ccccc2)cc1. The zero-order valence-corrected chi connectivity index (χ0v) is 15.9. The fourth-order valence-electron chi connectivity index (χ4n) is 2.84. The molecule has 0 spiro atoms. The van der Waals surface area contributed by atoms with Crippen LogP contribution in [-0.4, -0.2) is 25.5 Å². The van der Waals surface area contributed by atoms with Crippen LogP contribution in [0, 0.1) is 6.92 Å². The van der Waals surface area contributed by atoms with Crippen LogP contribution < -0.4 is 15.0 Å². The number of para-hydroxylation sites is 1. The van der Waals surface area contributed by atoms with Gasteiger partial charge in [0.2, 0.25) is 5.91 Å². The Labute approximate surface area is 164 Å². The first kappa shape index (κ1) is 19.2. The van der Waals surface area contributed by atoms with E-state index in [-0.39, 0.29) is 18.4 Å². The van der Waals surface area contributed by atoms with E-state index in [2.05, 4.69) is 5.32 Å². The van der Waals surface area contributed by atoms with Gasteiger partial charge in [0.15, 0.2) is 0 Å². The van der Waals surface area contributed by atoms with E-state index in [1.807, 2.05) is 49.4 Å². The predicted molar refractivity (Wildman–Crippen MR) is 111 cm³/mol. The van der Waals surface area contributed by atoms with Gasteiger partial charge in [0, 0.05) is 16.9 Å². The lowest BCUT2D eigenvalue weighted by Crippen LogP contribution is -2.38. The largest absolute Gasteiger partial charge is 0.497 e. The van der Waals surface area contributed by atoms with Gasteiger partial charge in [-0.25, -0.2) is 0 Å². The molecule has 0 saturated carbocycles. The smallest absolute Gasteiger partial charge is 0.258 e. The van der Waals surface area contributed by atoms with Crippen LogP contribution in [0.2, 0.25) is 0 Å². The number of nitrogens with one attached hydrogen (secondary N) is 1. The first-order valence-electron chi connectivity index (χ1n) is 8.94. The molecule has 142 valence electrons. The summed E-state index contributed by atoms with van der Waals surface area (Å²) in [6.45, 7) is 1.86. The first-order chi connectivity index (χ1) is 13.6. The Morgan fingerprint density at radius 2 is 1.64 bits per heavy atom. The lowest BCUT2D eigenvalue weighted by molar-refractivity contribution is -0.114. The number of benzene rings is 3. The van der Waals surface area contributed by atoms with Crippen molar-refractivity contribution < 1.29 is 14.3 Å². The van der Waals surface area contributed by atoms with Gasteiger partial charge < -0.3 is 10.1 Å². The average molecular weight is 374 g/mol. The molecule has 0 atom stereocenters. The molecule has 0 aliphatic rings. The molecule has 1 N–H and O–H groups in total. The van der Waals surface area contributed by atoms with Crippen molar-refractivity contribution in [1.29, 1.82) is 0 Å². The topological polar surface area (TPSA) is 58.6 Å². The molecule has 2 amide bonds. The molecule has 0 fully saturated rings. The summed E-state index contributed by atoms with van der Waals surface area (Å²) in [6.07, 6.45) is 0. The summed E-state index contributed by atoms with van der Waals surface area (Å²) >= 11 is 0. The molecular weight excluding hydrogens is 352 g/mol. The van der Waals surface area contributed by atoms with Gasteiger partial charge in [-0.15, -0.1) is 0 Å². The number of aryl methyl sites for hydroxylation is 1. The van der Waals surface area contributed by atoms with E-state index in [1.165, 1.54) is 4.90 Å². The Balaban J connectivity index is 1.82. The number of nitrogens with zero attached hydrogens (tertiary/aromatic N) is 1. The van der Waals surface area contributed by atoms with Crippen molar-refractivity contribution in [3.05, 3.63) is 90.0 Å². The second-order valence-corrected chi connectivity index (χ2v) is 6.37. The standard InChI is InChI=1S/C23H22N2O3/c1-17-7-6-8-19(15-17)24-22(26)16-25(20-9-4-3-5-10-20)23(27)18-11-13-21(28-2)14-12-18/h3-15H,16H2,1-2H3,(H,24,26). The van der Waals surface area contributed by atoms with E-state index in [0.717, 1.165) is 5.56 Å². The maximum Gasteiger partial charge on any atom is 0.258 e. The van der Waals surface area contributed by atoms with Crippen molar-refractivity contribution in [1.82, 2.24) is 0 Å². The van der Waals surface area contributed by atoms with Crippen LogP contribution in [0.5, 0.6) is 5.75 Å². The highest BCUT2D eigenvalue weighted by Crippen LogP contribution is 2.19. The number of methoxy groups -OCH3 is 1. The number of hydrogen-bond donors (Lipinski definition) is 1. The molecule has 0 radical (unpaired) electrons. The Kier molecular flexibility index (Phi) is 6.07. The number of anilines is 2. The monoisotopic (exact) mass is 374 g/mol. The molecule has 0 aliphatic heterocycles. The van der Waals surface area contributed by atoms with E-state index < -0.39 is 0 Å². The van der Waals surface area contributed by atoms with Gasteiger partial charge >= 0.3 is 0 Å². The zero-order chi connectivity index (χ0) is 19.9. The minimum absolute atomic E-state index is 0.0944. The van der Waals surface area contributed by atoms with Crippen LogP contribution in [-0.2, 0) is 4.79 Å². The minimum Gasteiger partial charge on any atom is -0.497 e. The van der Waals surface area contributed by atoms with Crippen LogP contribution in [0.15, 0.2) is 78.9 Å². The maximum absolute atomic E-state index is 13.1. The van der Waals surface area contributed by atoms with Gasteiger partial charge in [-0.2, -0.15) is 0 Å². The van der Waals surface area contributed by atoms with Crippen LogP contribution in [0.1, 0.15) is 15.9 Å².